The minimum Gasteiger partial charge on any atom is -0.338 e. The van der Waals surface area contributed by atoms with Gasteiger partial charge in [0.15, 0.2) is 11.6 Å². The SMILES string of the molecule is C[C@@H]1CC(=O)c2c(Nc3ccc(Cl)cc3)nn(-c3ccc(F)cc3)c2C1. The number of carbonyl (C=O) groups is 1. The number of fused-ring (bicyclic) bond motifs is 1. The summed E-state index contributed by atoms with van der Waals surface area (Å²) < 4.78 is 15.0. The zero-order valence-corrected chi connectivity index (χ0v) is 14.9. The molecule has 0 unspecified atom stereocenters. The highest BCUT2D eigenvalue weighted by Gasteiger charge is 2.31. The Balaban J connectivity index is 1.81. The van der Waals surface area contributed by atoms with Gasteiger partial charge in [-0.1, -0.05) is 18.5 Å². The molecule has 132 valence electrons. The molecule has 1 aromatic heterocycles. The Kier molecular flexibility index (Phi) is 4.24. The van der Waals surface area contributed by atoms with E-state index >= 15 is 0 Å². The minimum absolute atomic E-state index is 0.0728. The zero-order chi connectivity index (χ0) is 18.3. The molecule has 0 radical (unpaired) electrons. The van der Waals surface area contributed by atoms with Gasteiger partial charge in [0.05, 0.1) is 16.9 Å². The first-order valence-corrected chi connectivity index (χ1v) is 8.82. The number of ketones is 1. The Morgan fingerprint density at radius 2 is 1.81 bits per heavy atom. The van der Waals surface area contributed by atoms with Crippen molar-refractivity contribution in [3.05, 3.63) is 70.6 Å². The van der Waals surface area contributed by atoms with Crippen molar-refractivity contribution in [3.8, 4) is 5.69 Å². The predicted molar refractivity (Wildman–Crippen MR) is 100 cm³/mol. The number of benzene rings is 2. The van der Waals surface area contributed by atoms with Crippen LogP contribution in [0, 0.1) is 11.7 Å². The molecule has 2 aromatic carbocycles. The number of aromatic nitrogens is 2. The predicted octanol–water partition coefficient (Wildman–Crippen LogP) is 5.17. The van der Waals surface area contributed by atoms with Gasteiger partial charge in [-0.25, -0.2) is 9.07 Å². The molecule has 0 aliphatic heterocycles. The standard InChI is InChI=1S/C20H17ClFN3O/c1-12-10-17-19(18(26)11-12)20(23-15-6-2-13(21)3-7-15)24-25(17)16-8-4-14(22)5-9-16/h2-9,12H,10-11H2,1H3,(H,23,24)/t12-/m0/s1. The normalized spacial score (nSPS) is 16.4. The van der Waals surface area contributed by atoms with Crippen molar-refractivity contribution in [1.82, 2.24) is 9.78 Å². The smallest absolute Gasteiger partial charge is 0.168 e. The molecule has 1 aliphatic carbocycles. The molecule has 1 aliphatic rings. The van der Waals surface area contributed by atoms with Gasteiger partial charge in [0.25, 0.3) is 0 Å². The van der Waals surface area contributed by atoms with Crippen molar-refractivity contribution in [3.63, 3.8) is 0 Å². The van der Waals surface area contributed by atoms with Crippen LogP contribution in [-0.4, -0.2) is 15.6 Å². The number of Topliss-reactive ketones (excluding diaryl/α,β-unsaturated/α-hetero) is 1. The summed E-state index contributed by atoms with van der Waals surface area (Å²) in [5.41, 5.74) is 3.00. The third-order valence-corrected chi connectivity index (χ3v) is 4.77. The molecular weight excluding hydrogens is 353 g/mol. The Morgan fingerprint density at radius 1 is 1.12 bits per heavy atom. The summed E-state index contributed by atoms with van der Waals surface area (Å²) in [5.74, 6) is 0.528. The van der Waals surface area contributed by atoms with E-state index in [1.165, 1.54) is 12.1 Å². The first-order valence-electron chi connectivity index (χ1n) is 8.45. The van der Waals surface area contributed by atoms with Crippen LogP contribution in [0.2, 0.25) is 5.02 Å². The van der Waals surface area contributed by atoms with E-state index in [0.717, 1.165) is 23.5 Å². The maximum atomic E-state index is 13.3. The fraction of sp³-hybridized carbons (Fsp3) is 0.200. The summed E-state index contributed by atoms with van der Waals surface area (Å²) in [4.78, 5) is 12.7. The Hall–Kier alpha value is -2.66. The van der Waals surface area contributed by atoms with E-state index in [1.807, 2.05) is 12.1 Å². The van der Waals surface area contributed by atoms with Gasteiger partial charge in [-0.15, -0.1) is 5.10 Å². The lowest BCUT2D eigenvalue weighted by Crippen LogP contribution is -2.19. The lowest BCUT2D eigenvalue weighted by Gasteiger charge is -2.19. The van der Waals surface area contributed by atoms with Gasteiger partial charge < -0.3 is 5.32 Å². The second-order valence-corrected chi connectivity index (χ2v) is 7.06. The lowest BCUT2D eigenvalue weighted by atomic mass is 9.87. The average molecular weight is 370 g/mol. The number of halogens is 2. The Morgan fingerprint density at radius 3 is 2.50 bits per heavy atom. The number of carbonyl (C=O) groups excluding carboxylic acids is 1. The van der Waals surface area contributed by atoms with Gasteiger partial charge in [-0.3, -0.25) is 4.79 Å². The summed E-state index contributed by atoms with van der Waals surface area (Å²) in [6.07, 6.45) is 1.24. The molecule has 1 N–H and O–H groups in total. The average Bonchev–Trinajstić information content (AvgIpc) is 2.96. The molecule has 6 heteroatoms. The number of nitrogens with one attached hydrogen (secondary N) is 1. The third kappa shape index (κ3) is 3.10. The monoisotopic (exact) mass is 369 g/mol. The second kappa shape index (κ2) is 6.57. The summed E-state index contributed by atoms with van der Waals surface area (Å²) >= 11 is 5.93. The van der Waals surface area contributed by atoms with E-state index < -0.39 is 0 Å². The van der Waals surface area contributed by atoms with Gasteiger partial charge in [-0.2, -0.15) is 0 Å². The molecule has 4 rings (SSSR count). The van der Waals surface area contributed by atoms with E-state index in [2.05, 4.69) is 17.3 Å². The fourth-order valence-electron chi connectivity index (χ4n) is 3.31. The van der Waals surface area contributed by atoms with Crippen LogP contribution < -0.4 is 5.32 Å². The van der Waals surface area contributed by atoms with Gasteiger partial charge in [-0.05, 0) is 60.9 Å². The second-order valence-electron chi connectivity index (χ2n) is 6.63. The highest BCUT2D eigenvalue weighted by atomic mass is 35.5. The molecule has 1 atom stereocenters. The van der Waals surface area contributed by atoms with E-state index in [1.54, 1.807) is 28.9 Å². The summed E-state index contributed by atoms with van der Waals surface area (Å²) in [6, 6.07) is 13.3. The van der Waals surface area contributed by atoms with E-state index in [-0.39, 0.29) is 17.5 Å². The zero-order valence-electron chi connectivity index (χ0n) is 14.2. The van der Waals surface area contributed by atoms with Crippen LogP contribution in [0.15, 0.2) is 48.5 Å². The number of nitrogens with zero attached hydrogens (tertiary/aromatic N) is 2. The largest absolute Gasteiger partial charge is 0.338 e. The van der Waals surface area contributed by atoms with E-state index in [4.69, 9.17) is 11.6 Å². The Labute approximate surface area is 155 Å². The third-order valence-electron chi connectivity index (χ3n) is 4.51. The summed E-state index contributed by atoms with van der Waals surface area (Å²) in [6.45, 7) is 2.05. The van der Waals surface area contributed by atoms with Crippen LogP contribution in [0.4, 0.5) is 15.9 Å². The molecule has 3 aromatic rings. The molecule has 0 amide bonds. The molecule has 1 heterocycles. The van der Waals surface area contributed by atoms with Crippen molar-refractivity contribution in [2.75, 3.05) is 5.32 Å². The minimum atomic E-state index is -0.307. The fourth-order valence-corrected chi connectivity index (χ4v) is 3.43. The first kappa shape index (κ1) is 16.8. The van der Waals surface area contributed by atoms with Gasteiger partial charge in [0.2, 0.25) is 0 Å². The molecule has 4 nitrogen and oxygen atoms in total. The van der Waals surface area contributed by atoms with Gasteiger partial charge in [0.1, 0.15) is 5.82 Å². The molecule has 0 fully saturated rings. The molecule has 0 saturated heterocycles. The maximum Gasteiger partial charge on any atom is 0.168 e. The van der Waals surface area contributed by atoms with Crippen LogP contribution in [0.5, 0.6) is 0 Å². The number of hydrogen-bond donors (Lipinski definition) is 1. The van der Waals surface area contributed by atoms with Crippen molar-refractivity contribution in [1.29, 1.82) is 0 Å². The maximum absolute atomic E-state index is 13.3. The van der Waals surface area contributed by atoms with Gasteiger partial charge >= 0.3 is 0 Å². The molecular formula is C20H17ClFN3O. The first-order chi connectivity index (χ1) is 12.5. The van der Waals surface area contributed by atoms with Crippen LogP contribution in [0.3, 0.4) is 0 Å². The van der Waals surface area contributed by atoms with Crippen LogP contribution in [0.25, 0.3) is 5.69 Å². The Bertz CT molecular complexity index is 964. The van der Waals surface area contributed by atoms with Crippen molar-refractivity contribution < 1.29 is 9.18 Å². The number of hydrogen-bond acceptors (Lipinski definition) is 3. The van der Waals surface area contributed by atoms with Crippen LogP contribution in [0.1, 0.15) is 29.4 Å². The summed E-state index contributed by atoms with van der Waals surface area (Å²) in [5, 5.41) is 8.48. The topological polar surface area (TPSA) is 46.9 Å². The molecule has 0 bridgehead atoms. The molecule has 0 spiro atoms. The number of rotatable bonds is 3. The quantitative estimate of drug-likeness (QED) is 0.692. The van der Waals surface area contributed by atoms with E-state index in [9.17, 15) is 9.18 Å². The number of anilines is 2. The molecule has 0 saturated carbocycles. The van der Waals surface area contributed by atoms with Crippen LogP contribution >= 0.6 is 11.6 Å². The van der Waals surface area contributed by atoms with Crippen molar-refractivity contribution >= 4 is 28.9 Å². The molecule has 26 heavy (non-hydrogen) atoms. The lowest BCUT2D eigenvalue weighted by molar-refractivity contribution is 0.0953. The highest BCUT2D eigenvalue weighted by Crippen LogP contribution is 2.34. The van der Waals surface area contributed by atoms with Crippen molar-refractivity contribution in [2.24, 2.45) is 5.92 Å². The highest BCUT2D eigenvalue weighted by molar-refractivity contribution is 6.30. The van der Waals surface area contributed by atoms with E-state index in [0.29, 0.717) is 22.8 Å². The van der Waals surface area contributed by atoms with Gasteiger partial charge in [0, 0.05) is 17.1 Å². The van der Waals surface area contributed by atoms with Crippen LogP contribution in [-0.2, 0) is 6.42 Å². The summed E-state index contributed by atoms with van der Waals surface area (Å²) in [7, 11) is 0. The van der Waals surface area contributed by atoms with Crippen molar-refractivity contribution in [2.45, 2.75) is 19.8 Å².